The molecule has 0 unspecified atom stereocenters. The minimum Gasteiger partial charge on any atom is -0.457 e. The molecule has 0 fully saturated rings. The molecular formula is C35H48N2O5. The number of hydrogen-bond donors (Lipinski definition) is 2. The van der Waals surface area contributed by atoms with Crippen molar-refractivity contribution in [2.75, 3.05) is 6.61 Å². The first kappa shape index (κ1) is 32.9. The lowest BCUT2D eigenvalue weighted by Crippen LogP contribution is -2.51. The van der Waals surface area contributed by atoms with Crippen LogP contribution >= 0.6 is 0 Å². The molecule has 2 N–H and O–H groups in total. The lowest BCUT2D eigenvalue weighted by Gasteiger charge is -2.31. The monoisotopic (exact) mass is 576 g/mol. The molecule has 0 bridgehead atoms. The number of nitrogens with one attached hydrogen (secondary N) is 2. The number of fused-ring (bicyclic) bond motifs is 3. The van der Waals surface area contributed by atoms with Crippen LogP contribution in [0, 0.1) is 11.8 Å². The Bertz CT molecular complexity index is 1230. The molecule has 7 nitrogen and oxygen atoms in total. The van der Waals surface area contributed by atoms with Crippen LogP contribution in [0.1, 0.15) is 91.7 Å². The third-order valence-corrected chi connectivity index (χ3v) is 8.04. The molecular weight excluding hydrogens is 528 g/mol. The van der Waals surface area contributed by atoms with Gasteiger partial charge in [0.25, 0.3) is 0 Å². The first-order valence-electron chi connectivity index (χ1n) is 15.1. The summed E-state index contributed by atoms with van der Waals surface area (Å²) in [5.41, 5.74) is 4.65. The summed E-state index contributed by atoms with van der Waals surface area (Å²) in [6.45, 7) is 15.5. The van der Waals surface area contributed by atoms with Gasteiger partial charge in [-0.25, -0.2) is 9.59 Å². The third-order valence-electron chi connectivity index (χ3n) is 8.04. The Morgan fingerprint density at radius 3 is 2.02 bits per heavy atom. The topological polar surface area (TPSA) is 93.7 Å². The summed E-state index contributed by atoms with van der Waals surface area (Å²) in [7, 11) is 0. The smallest absolute Gasteiger partial charge is 0.407 e. The highest BCUT2D eigenvalue weighted by atomic mass is 16.6. The van der Waals surface area contributed by atoms with E-state index in [-0.39, 0.29) is 42.3 Å². The summed E-state index contributed by atoms with van der Waals surface area (Å²) < 4.78 is 11.1. The van der Waals surface area contributed by atoms with Gasteiger partial charge in [-0.1, -0.05) is 81.8 Å². The molecule has 0 aromatic heterocycles. The molecule has 0 saturated carbocycles. The summed E-state index contributed by atoms with van der Waals surface area (Å²) in [6.07, 6.45) is 3.68. The van der Waals surface area contributed by atoms with Crippen molar-refractivity contribution in [2.24, 2.45) is 11.8 Å². The van der Waals surface area contributed by atoms with Gasteiger partial charge in [0.15, 0.2) is 0 Å². The summed E-state index contributed by atoms with van der Waals surface area (Å²) in [5, 5.41) is 5.87. The highest BCUT2D eigenvalue weighted by molar-refractivity contribution is 5.88. The van der Waals surface area contributed by atoms with Crippen LogP contribution < -0.4 is 10.6 Å². The van der Waals surface area contributed by atoms with E-state index < -0.39 is 17.7 Å². The second-order valence-corrected chi connectivity index (χ2v) is 12.6. The largest absolute Gasteiger partial charge is 0.457 e. The number of amides is 2. The van der Waals surface area contributed by atoms with E-state index >= 15 is 0 Å². The average Bonchev–Trinajstić information content (AvgIpc) is 3.26. The Morgan fingerprint density at radius 2 is 1.48 bits per heavy atom. The van der Waals surface area contributed by atoms with E-state index in [0.29, 0.717) is 12.0 Å². The molecule has 0 radical (unpaired) electrons. The van der Waals surface area contributed by atoms with Crippen LogP contribution in [0.5, 0.6) is 0 Å². The van der Waals surface area contributed by atoms with Crippen LogP contribution in [0.3, 0.4) is 0 Å². The van der Waals surface area contributed by atoms with Crippen molar-refractivity contribution in [1.82, 2.24) is 10.6 Å². The Labute approximate surface area is 251 Å². The summed E-state index contributed by atoms with van der Waals surface area (Å²) >= 11 is 0. The molecule has 2 aromatic rings. The molecule has 42 heavy (non-hydrogen) atoms. The number of hydrogen-bond acceptors (Lipinski definition) is 5. The number of ether oxygens (including phenoxy) is 2. The zero-order chi connectivity index (χ0) is 31.0. The maximum atomic E-state index is 13.2. The van der Waals surface area contributed by atoms with Crippen LogP contribution in [0.2, 0.25) is 0 Å². The van der Waals surface area contributed by atoms with E-state index in [1.54, 1.807) is 13.8 Å². The first-order valence-corrected chi connectivity index (χ1v) is 15.1. The number of alkyl carbamates (subject to hydrolysis) is 1. The maximum absolute atomic E-state index is 13.2. The number of benzene rings is 2. The molecule has 2 aromatic carbocycles. The Morgan fingerprint density at radius 1 is 0.905 bits per heavy atom. The van der Waals surface area contributed by atoms with Crippen LogP contribution in [0.4, 0.5) is 4.79 Å². The van der Waals surface area contributed by atoms with Gasteiger partial charge in [-0.3, -0.25) is 4.79 Å². The van der Waals surface area contributed by atoms with Crippen LogP contribution in [0.25, 0.3) is 11.1 Å². The van der Waals surface area contributed by atoms with E-state index in [4.69, 9.17) is 9.47 Å². The number of carbonyl (C=O) groups excluding carboxylic acids is 3. The predicted octanol–water partition coefficient (Wildman–Crippen LogP) is 7.15. The molecule has 2 amide bonds. The standard InChI is InChI=1S/C35H48N2O5/c1-9-22(2)31(23(3)15-14-16-24(4)33(39)42-35(6,7)8)37-32(38)25(5)36-34(40)41-21-30-28-19-12-10-17-26(28)27-18-11-13-20-29(27)30/h10-13,16-20,22-23,25,30-31H,9,14-15,21H2,1-8H3,(H,36,40)(H,37,38)/b24-16+/t22-,23-,25+,31+/m0/s1. The summed E-state index contributed by atoms with van der Waals surface area (Å²) in [6, 6.07) is 15.5. The lowest BCUT2D eigenvalue weighted by atomic mass is 9.85. The minimum atomic E-state index is -0.756. The normalized spacial score (nSPS) is 16.0. The van der Waals surface area contributed by atoms with Gasteiger partial charge in [0.1, 0.15) is 18.2 Å². The molecule has 4 atom stereocenters. The number of rotatable bonds is 12. The fourth-order valence-electron chi connectivity index (χ4n) is 5.46. The van der Waals surface area contributed by atoms with Crippen LogP contribution in [0.15, 0.2) is 60.2 Å². The number of carbonyl (C=O) groups is 3. The third kappa shape index (κ3) is 8.70. The van der Waals surface area contributed by atoms with Crippen molar-refractivity contribution in [2.45, 2.75) is 98.3 Å². The first-order chi connectivity index (χ1) is 19.8. The molecule has 0 heterocycles. The number of esters is 1. The molecule has 0 spiro atoms. The van der Waals surface area contributed by atoms with Gasteiger partial charge in [0.05, 0.1) is 0 Å². The fourth-order valence-corrected chi connectivity index (χ4v) is 5.46. The highest BCUT2D eigenvalue weighted by Crippen LogP contribution is 2.44. The van der Waals surface area contributed by atoms with Crippen molar-refractivity contribution in [1.29, 1.82) is 0 Å². The van der Waals surface area contributed by atoms with Gasteiger partial charge in [-0.05, 0) is 81.5 Å². The number of allylic oxidation sites excluding steroid dienone is 1. The predicted molar refractivity (Wildman–Crippen MR) is 167 cm³/mol. The zero-order valence-electron chi connectivity index (χ0n) is 26.5. The second-order valence-electron chi connectivity index (χ2n) is 12.6. The molecule has 0 saturated heterocycles. The van der Waals surface area contributed by atoms with E-state index in [1.165, 1.54) is 0 Å². The van der Waals surface area contributed by atoms with Crippen LogP contribution in [-0.4, -0.2) is 42.3 Å². The quantitative estimate of drug-likeness (QED) is 0.207. The van der Waals surface area contributed by atoms with Crippen molar-refractivity contribution < 1.29 is 23.9 Å². The zero-order valence-corrected chi connectivity index (χ0v) is 26.5. The average molecular weight is 577 g/mol. The Hall–Kier alpha value is -3.61. The highest BCUT2D eigenvalue weighted by Gasteiger charge is 2.30. The molecule has 228 valence electrons. The fraction of sp³-hybridized carbons (Fsp3) is 0.514. The molecule has 3 rings (SSSR count). The van der Waals surface area contributed by atoms with E-state index in [0.717, 1.165) is 35.1 Å². The van der Waals surface area contributed by atoms with Gasteiger partial charge >= 0.3 is 12.1 Å². The maximum Gasteiger partial charge on any atom is 0.407 e. The SMILES string of the molecule is CC[C@H](C)[C@@H](NC(=O)[C@@H](C)NC(=O)OCC1c2ccccc2-c2ccccc21)[C@@H](C)CC/C=C(\C)C(=O)OC(C)(C)C. The molecule has 1 aliphatic rings. The van der Waals surface area contributed by atoms with E-state index in [1.807, 2.05) is 51.1 Å². The van der Waals surface area contributed by atoms with Gasteiger partial charge < -0.3 is 20.1 Å². The van der Waals surface area contributed by atoms with Gasteiger partial charge in [0.2, 0.25) is 5.91 Å². The van der Waals surface area contributed by atoms with E-state index in [2.05, 4.69) is 55.7 Å². The van der Waals surface area contributed by atoms with Crippen molar-refractivity contribution in [3.05, 3.63) is 71.3 Å². The van der Waals surface area contributed by atoms with Crippen molar-refractivity contribution in [3.8, 4) is 11.1 Å². The molecule has 7 heteroatoms. The summed E-state index contributed by atoms with van der Waals surface area (Å²) in [5.74, 6) is -0.207. The van der Waals surface area contributed by atoms with Crippen molar-refractivity contribution in [3.63, 3.8) is 0 Å². The molecule has 1 aliphatic carbocycles. The van der Waals surface area contributed by atoms with Gasteiger partial charge in [-0.15, -0.1) is 0 Å². The van der Waals surface area contributed by atoms with Gasteiger partial charge in [0, 0.05) is 17.5 Å². The van der Waals surface area contributed by atoms with Gasteiger partial charge in [-0.2, -0.15) is 0 Å². The summed E-state index contributed by atoms with van der Waals surface area (Å²) in [4.78, 5) is 38.2. The second kappa shape index (κ2) is 14.5. The Balaban J connectivity index is 1.53. The van der Waals surface area contributed by atoms with Crippen molar-refractivity contribution >= 4 is 18.0 Å². The lowest BCUT2D eigenvalue weighted by molar-refractivity contribution is -0.149. The van der Waals surface area contributed by atoms with Crippen LogP contribution in [-0.2, 0) is 19.1 Å². The Kier molecular flexibility index (Phi) is 11.4. The molecule has 0 aliphatic heterocycles. The minimum absolute atomic E-state index is 0.0454. The van der Waals surface area contributed by atoms with E-state index in [9.17, 15) is 14.4 Å².